The lowest BCUT2D eigenvalue weighted by Crippen LogP contribution is -2.48. The van der Waals surface area contributed by atoms with Crippen molar-refractivity contribution in [3.63, 3.8) is 0 Å². The lowest BCUT2D eigenvalue weighted by Gasteiger charge is -2.36. The first-order valence-corrected chi connectivity index (χ1v) is 8.61. The van der Waals surface area contributed by atoms with Gasteiger partial charge in [0, 0.05) is 19.1 Å². The standard InChI is InChI=1S/C17H20F3N3O4/c1-10-7-13(11(2)27-10)15(25)21-5-3-12(4-6-21)22-8-14(24)23(16(22)26)9-17(18,19)20/h7,12H,3-6,8-9H2,1-2H3. The molecule has 0 N–H and O–H groups in total. The molecule has 10 heteroatoms. The van der Waals surface area contributed by atoms with Crippen molar-refractivity contribution in [3.05, 3.63) is 23.2 Å². The van der Waals surface area contributed by atoms with Gasteiger partial charge in [0.15, 0.2) is 0 Å². The van der Waals surface area contributed by atoms with E-state index in [9.17, 15) is 27.6 Å². The number of nitrogens with zero attached hydrogens (tertiary/aromatic N) is 3. The van der Waals surface area contributed by atoms with Gasteiger partial charge in [-0.25, -0.2) is 4.79 Å². The van der Waals surface area contributed by atoms with E-state index in [1.165, 1.54) is 4.90 Å². The fourth-order valence-electron chi connectivity index (χ4n) is 3.57. The average Bonchev–Trinajstić information content (AvgIpc) is 3.06. The molecule has 7 nitrogen and oxygen atoms in total. The zero-order chi connectivity index (χ0) is 19.9. The Morgan fingerprint density at radius 1 is 1.22 bits per heavy atom. The van der Waals surface area contributed by atoms with Crippen molar-refractivity contribution in [2.24, 2.45) is 0 Å². The summed E-state index contributed by atoms with van der Waals surface area (Å²) >= 11 is 0. The summed E-state index contributed by atoms with van der Waals surface area (Å²) in [5.41, 5.74) is 0.481. The molecule has 2 fully saturated rings. The number of carbonyl (C=O) groups excluding carboxylic acids is 3. The van der Waals surface area contributed by atoms with Crippen molar-refractivity contribution in [1.82, 2.24) is 14.7 Å². The van der Waals surface area contributed by atoms with Crippen molar-refractivity contribution < 1.29 is 32.0 Å². The number of carbonyl (C=O) groups is 3. The Kier molecular flexibility index (Phi) is 4.92. The second-order valence-electron chi connectivity index (χ2n) is 6.86. The van der Waals surface area contributed by atoms with E-state index in [1.54, 1.807) is 24.8 Å². The molecule has 0 atom stereocenters. The monoisotopic (exact) mass is 387 g/mol. The zero-order valence-corrected chi connectivity index (χ0v) is 15.0. The van der Waals surface area contributed by atoms with Crippen molar-refractivity contribution in [2.45, 2.75) is 38.9 Å². The number of aryl methyl sites for hydroxylation is 2. The predicted molar refractivity (Wildman–Crippen MR) is 87.0 cm³/mol. The maximum absolute atomic E-state index is 12.6. The predicted octanol–water partition coefficient (Wildman–Crippen LogP) is 2.33. The highest BCUT2D eigenvalue weighted by atomic mass is 19.4. The Hall–Kier alpha value is -2.52. The van der Waals surface area contributed by atoms with Gasteiger partial charge >= 0.3 is 12.2 Å². The molecular formula is C17H20F3N3O4. The van der Waals surface area contributed by atoms with E-state index in [0.717, 1.165) is 0 Å². The summed E-state index contributed by atoms with van der Waals surface area (Å²) in [4.78, 5) is 39.7. The van der Waals surface area contributed by atoms with Crippen molar-refractivity contribution in [1.29, 1.82) is 0 Å². The van der Waals surface area contributed by atoms with Crippen LogP contribution in [0.5, 0.6) is 0 Å². The molecule has 2 aliphatic heterocycles. The summed E-state index contributed by atoms with van der Waals surface area (Å²) in [6.45, 7) is 2.23. The minimum atomic E-state index is -4.63. The highest BCUT2D eigenvalue weighted by molar-refractivity contribution is 6.02. The first kappa shape index (κ1) is 19.2. The van der Waals surface area contributed by atoms with E-state index in [0.29, 0.717) is 43.0 Å². The van der Waals surface area contributed by atoms with Gasteiger partial charge in [-0.2, -0.15) is 13.2 Å². The Labute approximate surface area is 153 Å². The second kappa shape index (κ2) is 6.90. The Morgan fingerprint density at radius 3 is 2.37 bits per heavy atom. The second-order valence-corrected chi connectivity index (χ2v) is 6.86. The van der Waals surface area contributed by atoms with Crippen LogP contribution >= 0.6 is 0 Å². The van der Waals surface area contributed by atoms with Crippen LogP contribution in [-0.4, -0.2) is 70.9 Å². The molecule has 0 aliphatic carbocycles. The SMILES string of the molecule is Cc1cc(C(=O)N2CCC(N3CC(=O)N(CC(F)(F)F)C3=O)CC2)c(C)o1. The number of halogens is 3. The molecule has 0 aromatic carbocycles. The van der Waals surface area contributed by atoms with Crippen LogP contribution in [0, 0.1) is 13.8 Å². The topological polar surface area (TPSA) is 74.1 Å². The third-order valence-electron chi connectivity index (χ3n) is 4.88. The van der Waals surface area contributed by atoms with Crippen LogP contribution in [0.15, 0.2) is 10.5 Å². The van der Waals surface area contributed by atoms with Gasteiger partial charge in [-0.15, -0.1) is 0 Å². The number of imide groups is 1. The Bertz CT molecular complexity index is 766. The zero-order valence-electron chi connectivity index (χ0n) is 15.0. The molecule has 0 bridgehead atoms. The highest BCUT2D eigenvalue weighted by Gasteiger charge is 2.45. The number of furan rings is 1. The molecule has 27 heavy (non-hydrogen) atoms. The molecule has 3 rings (SSSR count). The van der Waals surface area contributed by atoms with E-state index in [4.69, 9.17) is 4.42 Å². The first-order chi connectivity index (χ1) is 12.6. The van der Waals surface area contributed by atoms with E-state index in [2.05, 4.69) is 0 Å². The van der Waals surface area contributed by atoms with Gasteiger partial charge < -0.3 is 14.2 Å². The largest absolute Gasteiger partial charge is 0.466 e. The molecule has 1 aromatic heterocycles. The maximum atomic E-state index is 12.6. The third-order valence-corrected chi connectivity index (χ3v) is 4.88. The lowest BCUT2D eigenvalue weighted by atomic mass is 10.0. The Morgan fingerprint density at radius 2 is 1.85 bits per heavy atom. The summed E-state index contributed by atoms with van der Waals surface area (Å²) in [5, 5.41) is 0. The normalized spacial score (nSPS) is 19.4. The van der Waals surface area contributed by atoms with Crippen LogP contribution in [-0.2, 0) is 4.79 Å². The van der Waals surface area contributed by atoms with Gasteiger partial charge in [0.2, 0.25) is 0 Å². The van der Waals surface area contributed by atoms with Crippen molar-refractivity contribution >= 4 is 17.8 Å². The summed E-state index contributed by atoms with van der Waals surface area (Å²) in [6, 6.07) is 0.390. The van der Waals surface area contributed by atoms with Gasteiger partial charge in [-0.05, 0) is 32.8 Å². The molecule has 2 saturated heterocycles. The number of piperidine rings is 1. The molecule has 3 heterocycles. The van der Waals surface area contributed by atoms with E-state index in [1.807, 2.05) is 0 Å². The maximum Gasteiger partial charge on any atom is 0.406 e. The van der Waals surface area contributed by atoms with Crippen LogP contribution in [0.3, 0.4) is 0 Å². The highest BCUT2D eigenvalue weighted by Crippen LogP contribution is 2.26. The number of hydrogen-bond acceptors (Lipinski definition) is 4. The minimum absolute atomic E-state index is 0.176. The number of urea groups is 1. The molecule has 0 unspecified atom stereocenters. The number of likely N-dealkylation sites (tertiary alicyclic amines) is 1. The van der Waals surface area contributed by atoms with E-state index >= 15 is 0 Å². The number of rotatable bonds is 3. The van der Waals surface area contributed by atoms with Gasteiger partial charge in [0.05, 0.1) is 5.56 Å². The first-order valence-electron chi connectivity index (χ1n) is 8.61. The van der Waals surface area contributed by atoms with Crippen molar-refractivity contribution in [2.75, 3.05) is 26.2 Å². The molecular weight excluding hydrogens is 367 g/mol. The van der Waals surface area contributed by atoms with E-state index < -0.39 is 24.7 Å². The fourth-order valence-corrected chi connectivity index (χ4v) is 3.57. The quantitative estimate of drug-likeness (QED) is 0.746. The molecule has 0 spiro atoms. The van der Waals surface area contributed by atoms with Crippen LogP contribution in [0.1, 0.15) is 34.7 Å². The number of alkyl halides is 3. The summed E-state index contributed by atoms with van der Waals surface area (Å²) in [5.74, 6) is 0.144. The number of amides is 4. The molecule has 2 aliphatic rings. The molecule has 1 aromatic rings. The lowest BCUT2D eigenvalue weighted by molar-refractivity contribution is -0.151. The molecule has 4 amide bonds. The van der Waals surface area contributed by atoms with Gasteiger partial charge in [-0.1, -0.05) is 0 Å². The molecule has 0 radical (unpaired) electrons. The fraction of sp³-hybridized carbons (Fsp3) is 0.588. The van der Waals surface area contributed by atoms with Crippen molar-refractivity contribution in [3.8, 4) is 0 Å². The van der Waals surface area contributed by atoms with Crippen LogP contribution in [0.25, 0.3) is 0 Å². The molecule has 148 valence electrons. The summed E-state index contributed by atoms with van der Waals surface area (Å²) in [7, 11) is 0. The van der Waals surface area contributed by atoms with Crippen LogP contribution in [0.2, 0.25) is 0 Å². The summed E-state index contributed by atoms with van der Waals surface area (Å²) < 4.78 is 43.0. The summed E-state index contributed by atoms with van der Waals surface area (Å²) in [6.07, 6.45) is -3.82. The van der Waals surface area contributed by atoms with Crippen LogP contribution < -0.4 is 0 Å². The third kappa shape index (κ3) is 3.93. The van der Waals surface area contributed by atoms with Gasteiger partial charge in [0.25, 0.3) is 11.8 Å². The molecule has 0 saturated carbocycles. The van der Waals surface area contributed by atoms with E-state index in [-0.39, 0.29) is 23.4 Å². The van der Waals surface area contributed by atoms with Gasteiger partial charge in [-0.3, -0.25) is 14.5 Å². The average molecular weight is 387 g/mol. The number of hydrogen-bond donors (Lipinski definition) is 0. The Balaban J connectivity index is 1.61. The minimum Gasteiger partial charge on any atom is -0.466 e. The smallest absolute Gasteiger partial charge is 0.406 e. The van der Waals surface area contributed by atoms with Gasteiger partial charge in [0.1, 0.15) is 24.6 Å². The van der Waals surface area contributed by atoms with Crippen LogP contribution in [0.4, 0.5) is 18.0 Å².